The molecule has 0 spiro atoms. The lowest BCUT2D eigenvalue weighted by molar-refractivity contribution is -0.384. The van der Waals surface area contributed by atoms with E-state index in [0.717, 1.165) is 10.0 Å². The van der Waals surface area contributed by atoms with Crippen molar-refractivity contribution in [3.63, 3.8) is 0 Å². The summed E-state index contributed by atoms with van der Waals surface area (Å²) >= 11 is 3.41. The summed E-state index contributed by atoms with van der Waals surface area (Å²) < 4.78 is 6.03. The molecule has 1 aliphatic heterocycles. The first kappa shape index (κ1) is 12.3. The number of nitro groups is 1. The summed E-state index contributed by atoms with van der Waals surface area (Å²) in [4.78, 5) is 12.8. The van der Waals surface area contributed by atoms with Gasteiger partial charge in [-0.3, -0.25) is 10.1 Å². The third-order valence-electron chi connectivity index (χ3n) is 2.71. The van der Waals surface area contributed by atoms with Crippen molar-refractivity contribution in [2.45, 2.75) is 6.92 Å². The molecule has 0 aromatic heterocycles. The van der Waals surface area contributed by atoms with Crippen molar-refractivity contribution in [2.24, 2.45) is 0 Å². The highest BCUT2D eigenvalue weighted by molar-refractivity contribution is 9.10. The van der Waals surface area contributed by atoms with Crippen LogP contribution in [0.5, 0.6) is 0 Å². The molecule has 5 nitrogen and oxygen atoms in total. The molecule has 1 aromatic carbocycles. The van der Waals surface area contributed by atoms with Gasteiger partial charge in [-0.1, -0.05) is 0 Å². The normalized spacial score (nSPS) is 16.0. The maximum Gasteiger partial charge on any atom is 0.293 e. The molecule has 1 aromatic rings. The number of morpholine rings is 1. The Hall–Kier alpha value is -1.14. The maximum atomic E-state index is 11.1. The van der Waals surface area contributed by atoms with Crippen LogP contribution in [0.3, 0.4) is 0 Å². The van der Waals surface area contributed by atoms with E-state index in [0.29, 0.717) is 32.0 Å². The number of rotatable bonds is 2. The van der Waals surface area contributed by atoms with Crippen LogP contribution in [0.15, 0.2) is 16.6 Å². The average Bonchev–Trinajstić information content (AvgIpc) is 2.29. The maximum absolute atomic E-state index is 11.1. The Kier molecular flexibility index (Phi) is 3.63. The summed E-state index contributed by atoms with van der Waals surface area (Å²) in [6, 6.07) is 3.51. The molecule has 0 amide bonds. The third-order valence-corrected chi connectivity index (χ3v) is 3.32. The van der Waals surface area contributed by atoms with E-state index in [2.05, 4.69) is 15.9 Å². The molecular formula is C11H13BrN2O3. The zero-order valence-corrected chi connectivity index (χ0v) is 11.1. The van der Waals surface area contributed by atoms with Crippen molar-refractivity contribution in [1.82, 2.24) is 0 Å². The predicted octanol–water partition coefficient (Wildman–Crippen LogP) is 2.50. The van der Waals surface area contributed by atoms with Gasteiger partial charge in [0.15, 0.2) is 0 Å². The van der Waals surface area contributed by atoms with Crippen LogP contribution in [-0.2, 0) is 4.74 Å². The minimum atomic E-state index is -0.331. The van der Waals surface area contributed by atoms with Crippen molar-refractivity contribution in [3.05, 3.63) is 32.3 Å². The molecule has 1 aliphatic rings. The van der Waals surface area contributed by atoms with Gasteiger partial charge in [-0.2, -0.15) is 0 Å². The summed E-state index contributed by atoms with van der Waals surface area (Å²) in [5.74, 6) is 0. The molecular weight excluding hydrogens is 288 g/mol. The highest BCUT2D eigenvalue weighted by Gasteiger charge is 2.24. The van der Waals surface area contributed by atoms with E-state index in [1.807, 2.05) is 17.9 Å². The van der Waals surface area contributed by atoms with Gasteiger partial charge in [0.1, 0.15) is 5.69 Å². The molecule has 0 radical (unpaired) electrons. The number of anilines is 1. The lowest BCUT2D eigenvalue weighted by Crippen LogP contribution is -2.36. The van der Waals surface area contributed by atoms with Gasteiger partial charge >= 0.3 is 0 Å². The van der Waals surface area contributed by atoms with Crippen molar-refractivity contribution < 1.29 is 9.66 Å². The number of benzene rings is 1. The predicted molar refractivity (Wildman–Crippen MR) is 68.6 cm³/mol. The second-order valence-electron chi connectivity index (χ2n) is 3.97. The first-order chi connectivity index (χ1) is 8.09. The van der Waals surface area contributed by atoms with Gasteiger partial charge in [-0.05, 0) is 34.5 Å². The van der Waals surface area contributed by atoms with Gasteiger partial charge in [0.2, 0.25) is 0 Å². The van der Waals surface area contributed by atoms with Crippen LogP contribution < -0.4 is 4.90 Å². The van der Waals surface area contributed by atoms with E-state index in [-0.39, 0.29) is 10.6 Å². The molecule has 1 saturated heterocycles. The first-order valence-electron chi connectivity index (χ1n) is 5.37. The van der Waals surface area contributed by atoms with E-state index in [4.69, 9.17) is 4.74 Å². The summed E-state index contributed by atoms with van der Waals surface area (Å²) in [5, 5.41) is 11.1. The van der Waals surface area contributed by atoms with E-state index in [1.54, 1.807) is 6.07 Å². The Morgan fingerprint density at radius 2 is 2.06 bits per heavy atom. The van der Waals surface area contributed by atoms with Crippen molar-refractivity contribution in [3.8, 4) is 0 Å². The smallest absolute Gasteiger partial charge is 0.293 e. The lowest BCUT2D eigenvalue weighted by atomic mass is 10.1. The molecule has 0 aliphatic carbocycles. The van der Waals surface area contributed by atoms with Crippen LogP contribution in [0.1, 0.15) is 5.56 Å². The Bertz CT molecular complexity index is 445. The highest BCUT2D eigenvalue weighted by Crippen LogP contribution is 2.37. The second-order valence-corrected chi connectivity index (χ2v) is 4.83. The molecule has 0 unspecified atom stereocenters. The average molecular weight is 301 g/mol. The van der Waals surface area contributed by atoms with Crippen LogP contribution in [-0.4, -0.2) is 31.2 Å². The van der Waals surface area contributed by atoms with Gasteiger partial charge < -0.3 is 9.64 Å². The van der Waals surface area contributed by atoms with Crippen LogP contribution in [0.25, 0.3) is 0 Å². The fourth-order valence-electron chi connectivity index (χ4n) is 1.96. The summed E-state index contributed by atoms with van der Waals surface area (Å²) in [5.41, 5.74) is 1.68. The van der Waals surface area contributed by atoms with Crippen LogP contribution >= 0.6 is 15.9 Å². The first-order valence-corrected chi connectivity index (χ1v) is 6.16. The summed E-state index contributed by atoms with van der Waals surface area (Å²) in [7, 11) is 0. The van der Waals surface area contributed by atoms with Gasteiger partial charge in [-0.15, -0.1) is 0 Å². The molecule has 1 fully saturated rings. The van der Waals surface area contributed by atoms with Gasteiger partial charge in [0.05, 0.1) is 18.1 Å². The quantitative estimate of drug-likeness (QED) is 0.622. The van der Waals surface area contributed by atoms with Crippen LogP contribution in [0, 0.1) is 17.0 Å². The van der Waals surface area contributed by atoms with Crippen LogP contribution in [0.2, 0.25) is 0 Å². The number of nitro benzene ring substituents is 1. The van der Waals surface area contributed by atoms with Gasteiger partial charge in [0.25, 0.3) is 5.69 Å². The minimum absolute atomic E-state index is 0.152. The standard InChI is InChI=1S/C11H13BrN2O3/c1-8-6-9(12)11(10(7-8)14(15)16)13-2-4-17-5-3-13/h6-7H,2-5H2,1H3. The van der Waals surface area contributed by atoms with Crippen molar-refractivity contribution >= 4 is 27.3 Å². The van der Waals surface area contributed by atoms with E-state index >= 15 is 0 Å². The monoisotopic (exact) mass is 300 g/mol. The lowest BCUT2D eigenvalue weighted by Gasteiger charge is -2.29. The highest BCUT2D eigenvalue weighted by atomic mass is 79.9. The number of aryl methyl sites for hydroxylation is 1. The summed E-state index contributed by atoms with van der Waals surface area (Å²) in [6.07, 6.45) is 0. The SMILES string of the molecule is Cc1cc(Br)c(N2CCOCC2)c([N+](=O)[O-])c1. The number of hydrogen-bond donors (Lipinski definition) is 0. The topological polar surface area (TPSA) is 55.6 Å². The molecule has 1 heterocycles. The largest absolute Gasteiger partial charge is 0.378 e. The van der Waals surface area contributed by atoms with Crippen molar-refractivity contribution in [2.75, 3.05) is 31.2 Å². The van der Waals surface area contributed by atoms with Crippen molar-refractivity contribution in [1.29, 1.82) is 0 Å². The Labute approximate surface area is 108 Å². The summed E-state index contributed by atoms with van der Waals surface area (Å²) in [6.45, 7) is 4.43. The number of hydrogen-bond acceptors (Lipinski definition) is 4. The van der Waals surface area contributed by atoms with Gasteiger partial charge in [-0.25, -0.2) is 0 Å². The van der Waals surface area contributed by atoms with E-state index in [9.17, 15) is 10.1 Å². The zero-order valence-electron chi connectivity index (χ0n) is 9.48. The molecule has 0 atom stereocenters. The Balaban J connectivity index is 2.46. The van der Waals surface area contributed by atoms with Crippen LogP contribution in [0.4, 0.5) is 11.4 Å². The third kappa shape index (κ3) is 2.58. The second kappa shape index (κ2) is 5.01. The molecule has 92 valence electrons. The Morgan fingerprint density at radius 1 is 1.41 bits per heavy atom. The fourth-order valence-corrected chi connectivity index (χ4v) is 2.77. The minimum Gasteiger partial charge on any atom is -0.378 e. The number of halogens is 1. The fraction of sp³-hybridized carbons (Fsp3) is 0.455. The molecule has 6 heteroatoms. The van der Waals surface area contributed by atoms with E-state index in [1.165, 1.54) is 0 Å². The molecule has 2 rings (SSSR count). The zero-order chi connectivity index (χ0) is 12.4. The van der Waals surface area contributed by atoms with E-state index < -0.39 is 0 Å². The molecule has 0 bridgehead atoms. The molecule has 17 heavy (non-hydrogen) atoms. The number of ether oxygens (including phenoxy) is 1. The van der Waals surface area contributed by atoms with Gasteiger partial charge in [0, 0.05) is 23.6 Å². The molecule has 0 saturated carbocycles. The number of nitrogens with zero attached hydrogens (tertiary/aromatic N) is 2. The Morgan fingerprint density at radius 3 is 2.65 bits per heavy atom. The molecule has 0 N–H and O–H groups in total.